The fourth-order valence-electron chi connectivity index (χ4n) is 3.20. The molecule has 0 amide bonds. The smallest absolute Gasteiger partial charge is 0.276 e. The Balaban J connectivity index is 1.44. The molecule has 0 N–H and O–H groups in total. The van der Waals surface area contributed by atoms with Crippen molar-refractivity contribution in [2.45, 2.75) is 55.9 Å². The predicted octanol–water partition coefficient (Wildman–Crippen LogP) is 4.37. The third-order valence-electron chi connectivity index (χ3n) is 4.45. The Labute approximate surface area is 139 Å². The maximum Gasteiger partial charge on any atom is 0.276 e. The summed E-state index contributed by atoms with van der Waals surface area (Å²) in [6, 6.07) is 4.11. The molecule has 0 aromatic carbocycles. The number of fused-ring (bicyclic) bond motifs is 1. The summed E-state index contributed by atoms with van der Waals surface area (Å²) in [6.45, 7) is 2.08. The van der Waals surface area contributed by atoms with Crippen LogP contribution in [0.1, 0.15) is 55.2 Å². The zero-order valence-electron chi connectivity index (χ0n) is 13.2. The second kappa shape index (κ2) is 6.35. The molecule has 3 heterocycles. The normalized spacial score (nSPS) is 16.2. The van der Waals surface area contributed by atoms with E-state index in [0.29, 0.717) is 11.1 Å². The molecular formula is C17H20N4OS. The Hall–Kier alpha value is -1.82. The van der Waals surface area contributed by atoms with E-state index in [9.17, 15) is 0 Å². The van der Waals surface area contributed by atoms with Gasteiger partial charge in [-0.1, -0.05) is 37.1 Å². The molecule has 6 heteroatoms. The Morgan fingerprint density at radius 2 is 2.13 bits per heavy atom. The van der Waals surface area contributed by atoms with Gasteiger partial charge in [-0.2, -0.15) is 0 Å². The fraction of sp³-hybridized carbons (Fsp3) is 0.471. The van der Waals surface area contributed by atoms with Crippen molar-refractivity contribution in [3.05, 3.63) is 41.7 Å². The predicted molar refractivity (Wildman–Crippen MR) is 89.6 cm³/mol. The van der Waals surface area contributed by atoms with E-state index in [1.54, 1.807) is 11.8 Å². The number of aryl methyl sites for hydroxylation is 1. The van der Waals surface area contributed by atoms with Crippen LogP contribution in [-0.2, 0) is 5.75 Å². The highest BCUT2D eigenvalue weighted by Gasteiger charge is 2.21. The van der Waals surface area contributed by atoms with Gasteiger partial charge in [0.05, 0.1) is 5.69 Å². The van der Waals surface area contributed by atoms with Gasteiger partial charge in [0, 0.05) is 24.1 Å². The number of aromatic nitrogens is 4. The van der Waals surface area contributed by atoms with Crippen molar-refractivity contribution >= 4 is 17.4 Å². The van der Waals surface area contributed by atoms with E-state index >= 15 is 0 Å². The summed E-state index contributed by atoms with van der Waals surface area (Å²) in [5.41, 5.74) is 3.22. The van der Waals surface area contributed by atoms with E-state index < -0.39 is 0 Å². The van der Waals surface area contributed by atoms with Crippen LogP contribution in [-0.4, -0.2) is 19.6 Å². The van der Waals surface area contributed by atoms with Crippen LogP contribution in [0.5, 0.6) is 0 Å². The van der Waals surface area contributed by atoms with Gasteiger partial charge in [-0.15, -0.1) is 10.2 Å². The fourth-order valence-corrected chi connectivity index (χ4v) is 3.86. The minimum atomic E-state index is 0.462. The Bertz CT molecular complexity index is 804. The first-order valence-electron chi connectivity index (χ1n) is 8.19. The van der Waals surface area contributed by atoms with E-state index in [1.807, 2.05) is 12.3 Å². The topological polar surface area (TPSA) is 56.2 Å². The van der Waals surface area contributed by atoms with Gasteiger partial charge in [0.2, 0.25) is 5.89 Å². The van der Waals surface area contributed by atoms with Gasteiger partial charge in [-0.3, -0.25) is 0 Å². The van der Waals surface area contributed by atoms with Crippen LogP contribution in [0, 0.1) is 6.92 Å². The first kappa shape index (κ1) is 14.8. The van der Waals surface area contributed by atoms with Gasteiger partial charge in [0.1, 0.15) is 5.65 Å². The molecule has 23 heavy (non-hydrogen) atoms. The van der Waals surface area contributed by atoms with E-state index in [1.165, 1.54) is 37.7 Å². The summed E-state index contributed by atoms with van der Waals surface area (Å²) in [5, 5.41) is 9.09. The van der Waals surface area contributed by atoms with Crippen LogP contribution in [0.25, 0.3) is 5.65 Å². The standard InChI is InChI=1S/C17H20N4OS/c1-12-6-5-9-21-10-14(18-15(12)21)11-23-17-20-19-16(22-17)13-7-3-2-4-8-13/h5-6,9-10,13H,2-4,7-8,11H2,1H3. The molecule has 0 bridgehead atoms. The molecule has 0 aliphatic heterocycles. The van der Waals surface area contributed by atoms with Crippen LogP contribution in [0.15, 0.2) is 34.2 Å². The number of imidazole rings is 1. The molecule has 0 saturated heterocycles. The summed E-state index contributed by atoms with van der Waals surface area (Å²) >= 11 is 1.56. The van der Waals surface area contributed by atoms with E-state index in [2.05, 4.69) is 38.8 Å². The molecule has 1 saturated carbocycles. The van der Waals surface area contributed by atoms with Crippen molar-refractivity contribution in [2.75, 3.05) is 0 Å². The van der Waals surface area contributed by atoms with Crippen LogP contribution in [0.3, 0.4) is 0 Å². The lowest BCUT2D eigenvalue weighted by molar-refractivity contribution is 0.334. The molecule has 1 fully saturated rings. The zero-order valence-corrected chi connectivity index (χ0v) is 14.1. The van der Waals surface area contributed by atoms with Crippen LogP contribution < -0.4 is 0 Å². The maximum atomic E-state index is 5.85. The summed E-state index contributed by atoms with van der Waals surface area (Å²) < 4.78 is 7.91. The number of pyridine rings is 1. The van der Waals surface area contributed by atoms with E-state index in [0.717, 1.165) is 23.0 Å². The van der Waals surface area contributed by atoms with Crippen molar-refractivity contribution in [3.8, 4) is 0 Å². The summed E-state index contributed by atoms with van der Waals surface area (Å²) in [6.07, 6.45) is 10.3. The minimum Gasteiger partial charge on any atom is -0.416 e. The van der Waals surface area contributed by atoms with E-state index in [4.69, 9.17) is 4.42 Å². The number of nitrogens with zero attached hydrogens (tertiary/aromatic N) is 4. The molecule has 3 aromatic rings. The van der Waals surface area contributed by atoms with Crippen molar-refractivity contribution in [1.29, 1.82) is 0 Å². The zero-order chi connectivity index (χ0) is 15.6. The molecule has 0 atom stereocenters. The van der Waals surface area contributed by atoms with Crippen molar-refractivity contribution in [2.24, 2.45) is 0 Å². The van der Waals surface area contributed by atoms with Gasteiger partial charge < -0.3 is 8.82 Å². The first-order valence-corrected chi connectivity index (χ1v) is 9.17. The number of rotatable bonds is 4. The van der Waals surface area contributed by atoms with Gasteiger partial charge >= 0.3 is 0 Å². The Kier molecular flexibility index (Phi) is 4.08. The monoisotopic (exact) mass is 328 g/mol. The molecular weight excluding hydrogens is 308 g/mol. The lowest BCUT2D eigenvalue weighted by Gasteiger charge is -2.17. The molecule has 1 aliphatic carbocycles. The third-order valence-corrected chi connectivity index (χ3v) is 5.30. The summed E-state index contributed by atoms with van der Waals surface area (Å²) in [7, 11) is 0. The second-order valence-electron chi connectivity index (χ2n) is 6.18. The number of hydrogen-bond acceptors (Lipinski definition) is 5. The molecule has 120 valence electrons. The van der Waals surface area contributed by atoms with Crippen LogP contribution in [0.4, 0.5) is 0 Å². The number of hydrogen-bond donors (Lipinski definition) is 0. The SMILES string of the molecule is Cc1cccn2cc(CSc3nnc(C4CCCCC4)o3)nc12. The Morgan fingerprint density at radius 1 is 1.26 bits per heavy atom. The maximum absolute atomic E-state index is 5.85. The second-order valence-corrected chi connectivity index (χ2v) is 7.11. The molecule has 4 rings (SSSR count). The Morgan fingerprint density at radius 3 is 2.96 bits per heavy atom. The minimum absolute atomic E-state index is 0.462. The molecule has 5 nitrogen and oxygen atoms in total. The van der Waals surface area contributed by atoms with E-state index in [-0.39, 0.29) is 0 Å². The van der Waals surface area contributed by atoms with Crippen molar-refractivity contribution in [3.63, 3.8) is 0 Å². The summed E-state index contributed by atoms with van der Waals surface area (Å²) in [4.78, 5) is 4.68. The van der Waals surface area contributed by atoms with Gasteiger partial charge in [0.15, 0.2) is 0 Å². The molecule has 0 spiro atoms. The highest BCUT2D eigenvalue weighted by molar-refractivity contribution is 7.98. The molecule has 3 aromatic heterocycles. The van der Waals surface area contributed by atoms with Gasteiger partial charge in [0.25, 0.3) is 5.22 Å². The van der Waals surface area contributed by atoms with Gasteiger partial charge in [-0.25, -0.2) is 4.98 Å². The van der Waals surface area contributed by atoms with Crippen molar-refractivity contribution in [1.82, 2.24) is 19.6 Å². The van der Waals surface area contributed by atoms with Crippen LogP contribution >= 0.6 is 11.8 Å². The van der Waals surface area contributed by atoms with Gasteiger partial charge in [-0.05, 0) is 31.4 Å². The van der Waals surface area contributed by atoms with Crippen LogP contribution in [0.2, 0.25) is 0 Å². The summed E-state index contributed by atoms with van der Waals surface area (Å²) in [5.74, 6) is 2.02. The average molecular weight is 328 g/mol. The third kappa shape index (κ3) is 3.13. The molecule has 0 radical (unpaired) electrons. The number of thioether (sulfide) groups is 1. The first-order chi connectivity index (χ1) is 11.3. The highest BCUT2D eigenvalue weighted by atomic mass is 32.2. The molecule has 1 aliphatic rings. The highest BCUT2D eigenvalue weighted by Crippen LogP contribution is 2.33. The lowest BCUT2D eigenvalue weighted by atomic mass is 9.89. The average Bonchev–Trinajstić information content (AvgIpc) is 3.21. The molecule has 0 unspecified atom stereocenters. The lowest BCUT2D eigenvalue weighted by Crippen LogP contribution is -2.04. The quantitative estimate of drug-likeness (QED) is 0.666. The van der Waals surface area contributed by atoms with Crippen molar-refractivity contribution < 1.29 is 4.42 Å². The largest absolute Gasteiger partial charge is 0.416 e.